The first-order valence-electron chi connectivity index (χ1n) is 17.3. The van der Waals surface area contributed by atoms with Gasteiger partial charge < -0.3 is 19.9 Å². The standard InChI is InChI=1S/C41H35N7O4S/c49-25-27-14-16-29(17-15-27)38-22-33(26-53-41-45-46-47-48(41)32-9-2-1-3-10-32)51-40(52-38)30-20-18-28(19-21-30)34-11-5-4-8-31(34)23-43-39(50)37-24-42-35-12-6-7-13-36(35)44-37/h1-21,24,33,38,40,49H,22-23,25-26H2,(H,43,50)/t33-,38+,40+/m0/s1. The lowest BCUT2D eigenvalue weighted by atomic mass is 9.97. The Kier molecular flexibility index (Phi) is 10.3. The summed E-state index contributed by atoms with van der Waals surface area (Å²) in [5.74, 6) is 0.324. The summed E-state index contributed by atoms with van der Waals surface area (Å²) in [5, 5.41) is 25.7. The zero-order valence-corrected chi connectivity index (χ0v) is 29.3. The minimum atomic E-state index is -0.617. The molecule has 0 radical (unpaired) electrons. The van der Waals surface area contributed by atoms with Crippen molar-refractivity contribution in [1.29, 1.82) is 0 Å². The number of tetrazole rings is 1. The number of fused-ring (bicyclic) bond motifs is 1. The van der Waals surface area contributed by atoms with E-state index in [9.17, 15) is 9.90 Å². The molecular weight excluding hydrogens is 687 g/mol. The van der Waals surface area contributed by atoms with Crippen LogP contribution in [0.15, 0.2) is 139 Å². The number of aliphatic hydroxyl groups is 1. The maximum atomic E-state index is 13.0. The molecule has 0 unspecified atom stereocenters. The molecule has 0 spiro atoms. The number of para-hydroxylation sites is 3. The number of amides is 1. The van der Waals surface area contributed by atoms with Gasteiger partial charge in [0.15, 0.2) is 6.29 Å². The second-order valence-electron chi connectivity index (χ2n) is 12.6. The largest absolute Gasteiger partial charge is 0.392 e. The lowest BCUT2D eigenvalue weighted by molar-refractivity contribution is -0.245. The van der Waals surface area contributed by atoms with Crippen LogP contribution in [0.4, 0.5) is 0 Å². The predicted molar refractivity (Wildman–Crippen MR) is 201 cm³/mol. The fourth-order valence-electron chi connectivity index (χ4n) is 6.30. The molecule has 5 aromatic carbocycles. The van der Waals surface area contributed by atoms with Gasteiger partial charge in [-0.1, -0.05) is 115 Å². The molecule has 1 aliphatic heterocycles. The fourth-order valence-corrected chi connectivity index (χ4v) is 7.21. The molecule has 0 aliphatic carbocycles. The highest BCUT2D eigenvalue weighted by atomic mass is 32.2. The maximum absolute atomic E-state index is 13.0. The van der Waals surface area contributed by atoms with E-state index in [2.05, 4.69) is 42.9 Å². The van der Waals surface area contributed by atoms with Crippen molar-refractivity contribution < 1.29 is 19.4 Å². The molecule has 7 aromatic rings. The van der Waals surface area contributed by atoms with Crippen molar-refractivity contribution in [1.82, 2.24) is 35.5 Å². The lowest BCUT2D eigenvalue weighted by Crippen LogP contribution is -2.31. The Morgan fingerprint density at radius 2 is 1.57 bits per heavy atom. The molecule has 2 aromatic heterocycles. The Labute approximate surface area is 310 Å². The van der Waals surface area contributed by atoms with E-state index in [0.717, 1.165) is 44.6 Å². The highest BCUT2D eigenvalue weighted by molar-refractivity contribution is 7.99. The van der Waals surface area contributed by atoms with E-state index in [-0.39, 0.29) is 30.4 Å². The fraction of sp³-hybridized carbons (Fsp3) is 0.171. The number of rotatable bonds is 11. The molecule has 12 heteroatoms. The van der Waals surface area contributed by atoms with Crippen LogP contribution in [0.3, 0.4) is 0 Å². The predicted octanol–water partition coefficient (Wildman–Crippen LogP) is 7.03. The monoisotopic (exact) mass is 721 g/mol. The third kappa shape index (κ3) is 7.86. The molecule has 3 atom stereocenters. The molecule has 0 saturated carbocycles. The van der Waals surface area contributed by atoms with Crippen molar-refractivity contribution in [3.05, 3.63) is 162 Å². The molecule has 11 nitrogen and oxygen atoms in total. The van der Waals surface area contributed by atoms with Gasteiger partial charge >= 0.3 is 0 Å². The first-order valence-corrected chi connectivity index (χ1v) is 18.3. The second kappa shape index (κ2) is 15.8. The molecule has 53 heavy (non-hydrogen) atoms. The third-order valence-corrected chi connectivity index (χ3v) is 10.1. The number of nitrogens with zero attached hydrogens (tertiary/aromatic N) is 6. The summed E-state index contributed by atoms with van der Waals surface area (Å²) in [6.07, 6.45) is 1.13. The summed E-state index contributed by atoms with van der Waals surface area (Å²) in [4.78, 5) is 21.9. The summed E-state index contributed by atoms with van der Waals surface area (Å²) >= 11 is 1.54. The molecule has 1 amide bonds. The van der Waals surface area contributed by atoms with Gasteiger partial charge in [-0.05, 0) is 62.5 Å². The Bertz CT molecular complexity index is 2320. The van der Waals surface area contributed by atoms with Gasteiger partial charge in [0.2, 0.25) is 5.16 Å². The van der Waals surface area contributed by atoms with Crippen LogP contribution in [0.1, 0.15) is 51.6 Å². The smallest absolute Gasteiger partial charge is 0.271 e. The molecular formula is C41H35N7O4S. The number of hydrogen-bond donors (Lipinski definition) is 2. The van der Waals surface area contributed by atoms with Crippen LogP contribution in [0.5, 0.6) is 0 Å². The van der Waals surface area contributed by atoms with E-state index >= 15 is 0 Å². The van der Waals surface area contributed by atoms with Crippen molar-refractivity contribution >= 4 is 28.7 Å². The number of nitrogens with one attached hydrogen (secondary N) is 1. The zero-order valence-electron chi connectivity index (χ0n) is 28.5. The second-order valence-corrected chi connectivity index (χ2v) is 13.6. The minimum absolute atomic E-state index is 0.0199. The molecule has 1 fully saturated rings. The normalized spacial score (nSPS) is 17.1. The number of thioether (sulfide) groups is 1. The summed E-state index contributed by atoms with van der Waals surface area (Å²) in [5.41, 5.74) is 8.28. The van der Waals surface area contributed by atoms with Crippen LogP contribution >= 0.6 is 11.8 Å². The van der Waals surface area contributed by atoms with E-state index in [4.69, 9.17) is 9.47 Å². The van der Waals surface area contributed by atoms with Crippen molar-refractivity contribution in [2.75, 3.05) is 5.75 Å². The molecule has 3 heterocycles. The average molecular weight is 722 g/mol. The van der Waals surface area contributed by atoms with Crippen molar-refractivity contribution in [2.45, 2.75) is 43.2 Å². The number of aliphatic hydroxyl groups excluding tert-OH is 1. The van der Waals surface area contributed by atoms with Gasteiger partial charge in [0.05, 0.1) is 41.7 Å². The average Bonchev–Trinajstić information content (AvgIpc) is 3.71. The quantitative estimate of drug-likeness (QED) is 0.134. The van der Waals surface area contributed by atoms with E-state index in [0.29, 0.717) is 29.4 Å². The van der Waals surface area contributed by atoms with Gasteiger partial charge in [0.25, 0.3) is 5.91 Å². The van der Waals surface area contributed by atoms with Gasteiger partial charge in [-0.2, -0.15) is 4.68 Å². The van der Waals surface area contributed by atoms with Crippen LogP contribution in [-0.4, -0.2) is 53.0 Å². The van der Waals surface area contributed by atoms with Gasteiger partial charge in [-0.3, -0.25) is 9.78 Å². The molecule has 1 aliphatic rings. The molecule has 2 N–H and O–H groups in total. The molecule has 0 bridgehead atoms. The Hall–Kier alpha value is -5.79. The summed E-state index contributed by atoms with van der Waals surface area (Å²) in [6, 6.07) is 41.3. The van der Waals surface area contributed by atoms with E-state index in [1.54, 1.807) is 4.68 Å². The molecule has 264 valence electrons. The number of aromatic nitrogens is 6. The van der Waals surface area contributed by atoms with Crippen LogP contribution < -0.4 is 5.32 Å². The topological polar surface area (TPSA) is 137 Å². The molecule has 1 saturated heterocycles. The summed E-state index contributed by atoms with van der Waals surface area (Å²) < 4.78 is 14.9. The zero-order chi connectivity index (χ0) is 36.0. The first-order chi connectivity index (χ1) is 26.1. The van der Waals surface area contributed by atoms with E-state index in [1.165, 1.54) is 18.0 Å². The van der Waals surface area contributed by atoms with Gasteiger partial charge in [0, 0.05) is 24.3 Å². The Morgan fingerprint density at radius 3 is 2.38 bits per heavy atom. The Morgan fingerprint density at radius 1 is 0.830 bits per heavy atom. The number of carbonyl (C=O) groups excluding carboxylic acids is 1. The highest BCUT2D eigenvalue weighted by Crippen LogP contribution is 2.40. The molecule has 8 rings (SSSR count). The number of carbonyl (C=O) groups is 1. The van der Waals surface area contributed by atoms with Gasteiger partial charge in [-0.25, -0.2) is 4.98 Å². The Balaban J connectivity index is 0.987. The van der Waals surface area contributed by atoms with Crippen molar-refractivity contribution in [3.63, 3.8) is 0 Å². The van der Waals surface area contributed by atoms with Gasteiger partial charge in [0.1, 0.15) is 5.69 Å². The number of benzene rings is 5. The van der Waals surface area contributed by atoms with Crippen LogP contribution in [-0.2, 0) is 22.6 Å². The van der Waals surface area contributed by atoms with Crippen molar-refractivity contribution in [2.24, 2.45) is 0 Å². The summed E-state index contributed by atoms with van der Waals surface area (Å²) in [7, 11) is 0. The van der Waals surface area contributed by atoms with E-state index in [1.807, 2.05) is 115 Å². The first kappa shape index (κ1) is 34.3. The van der Waals surface area contributed by atoms with Gasteiger partial charge in [-0.15, -0.1) is 5.10 Å². The number of ether oxygens (including phenoxy) is 2. The van der Waals surface area contributed by atoms with Crippen LogP contribution in [0, 0.1) is 0 Å². The van der Waals surface area contributed by atoms with Crippen molar-refractivity contribution in [3.8, 4) is 16.8 Å². The van der Waals surface area contributed by atoms with Crippen LogP contribution in [0.25, 0.3) is 27.8 Å². The minimum Gasteiger partial charge on any atom is -0.392 e. The van der Waals surface area contributed by atoms with E-state index < -0.39 is 6.29 Å². The highest BCUT2D eigenvalue weighted by Gasteiger charge is 2.33. The third-order valence-electron chi connectivity index (χ3n) is 9.09. The lowest BCUT2D eigenvalue weighted by Gasteiger charge is -2.36. The maximum Gasteiger partial charge on any atom is 0.271 e. The summed E-state index contributed by atoms with van der Waals surface area (Å²) in [6.45, 7) is 0.303. The number of hydrogen-bond acceptors (Lipinski definition) is 10. The SMILES string of the molecule is O=C(NCc1ccccc1-c1ccc([C@@H]2O[C@H](CSc3nnnn3-c3ccccc3)C[C@H](c3ccc(CO)cc3)O2)cc1)c1cnc2ccccc2n1. The van der Waals surface area contributed by atoms with Crippen LogP contribution in [0.2, 0.25) is 0 Å².